The zero-order valence-electron chi connectivity index (χ0n) is 18.7. The van der Waals surface area contributed by atoms with E-state index in [0.717, 1.165) is 0 Å². The third-order valence-electron chi connectivity index (χ3n) is 5.80. The first-order valence-corrected chi connectivity index (χ1v) is 11.3. The van der Waals surface area contributed by atoms with Crippen molar-refractivity contribution in [3.8, 4) is 11.5 Å². The quantitative estimate of drug-likeness (QED) is 0.403. The lowest BCUT2D eigenvalue weighted by molar-refractivity contribution is 0.0554. The summed E-state index contributed by atoms with van der Waals surface area (Å²) in [7, 11) is 1.54. The SMILES string of the molecule is COc1cc2c(Nc3cccc(Cl)c3F)ncnc2cc1OC1CCN(C(=O)c2ccno2)CC1. The van der Waals surface area contributed by atoms with Gasteiger partial charge in [0.1, 0.15) is 18.2 Å². The lowest BCUT2D eigenvalue weighted by Gasteiger charge is -2.31. The van der Waals surface area contributed by atoms with E-state index in [4.69, 9.17) is 25.6 Å². The van der Waals surface area contributed by atoms with Gasteiger partial charge in [0.05, 0.1) is 29.5 Å². The van der Waals surface area contributed by atoms with Crippen LogP contribution in [-0.2, 0) is 0 Å². The number of likely N-dealkylation sites (tertiary alicyclic amines) is 1. The number of hydrogen-bond acceptors (Lipinski definition) is 8. The number of carbonyl (C=O) groups is 1. The molecule has 35 heavy (non-hydrogen) atoms. The highest BCUT2D eigenvalue weighted by Crippen LogP contribution is 2.36. The number of halogens is 2. The molecule has 11 heteroatoms. The summed E-state index contributed by atoms with van der Waals surface area (Å²) < 4.78 is 31.2. The van der Waals surface area contributed by atoms with Crippen molar-refractivity contribution in [3.63, 3.8) is 0 Å². The first-order chi connectivity index (χ1) is 17.0. The first kappa shape index (κ1) is 22.9. The van der Waals surface area contributed by atoms with Gasteiger partial charge in [0.15, 0.2) is 17.3 Å². The summed E-state index contributed by atoms with van der Waals surface area (Å²) in [6, 6.07) is 9.76. The minimum absolute atomic E-state index is 0.00945. The van der Waals surface area contributed by atoms with E-state index >= 15 is 0 Å². The molecule has 2 aromatic carbocycles. The van der Waals surface area contributed by atoms with Gasteiger partial charge in [-0.15, -0.1) is 0 Å². The van der Waals surface area contributed by atoms with Gasteiger partial charge in [-0.2, -0.15) is 0 Å². The third kappa shape index (κ3) is 4.69. The molecule has 0 saturated carbocycles. The van der Waals surface area contributed by atoms with Crippen LogP contribution in [0.4, 0.5) is 15.9 Å². The standard InChI is InChI=1S/C24H21ClFN5O4/c1-33-20-11-15-18(27-13-28-23(15)30-17-4-2-3-16(25)22(17)26)12-21(20)34-14-6-9-31(10-7-14)24(32)19-5-8-29-35-19/h2-5,8,11-14H,6-7,9-10H2,1H3,(H,27,28,30). The fraction of sp³-hybridized carbons (Fsp3) is 0.250. The maximum absolute atomic E-state index is 14.4. The highest BCUT2D eigenvalue weighted by atomic mass is 35.5. The monoisotopic (exact) mass is 497 g/mol. The molecule has 1 fully saturated rings. The Labute approximate surface area is 204 Å². The Morgan fingerprint density at radius 1 is 1.20 bits per heavy atom. The van der Waals surface area contributed by atoms with Gasteiger partial charge in [-0.3, -0.25) is 4.79 Å². The lowest BCUT2D eigenvalue weighted by atomic mass is 10.1. The van der Waals surface area contributed by atoms with E-state index in [1.807, 2.05) is 0 Å². The molecule has 5 rings (SSSR count). The van der Waals surface area contributed by atoms with E-state index in [2.05, 4.69) is 20.4 Å². The van der Waals surface area contributed by atoms with E-state index < -0.39 is 5.82 Å². The van der Waals surface area contributed by atoms with E-state index in [9.17, 15) is 9.18 Å². The second-order valence-corrected chi connectivity index (χ2v) is 8.36. The maximum atomic E-state index is 14.4. The smallest absolute Gasteiger partial charge is 0.292 e. The van der Waals surface area contributed by atoms with Gasteiger partial charge < -0.3 is 24.2 Å². The molecule has 1 saturated heterocycles. The molecule has 9 nitrogen and oxygen atoms in total. The molecule has 0 bridgehead atoms. The fourth-order valence-electron chi connectivity index (χ4n) is 3.98. The Balaban J connectivity index is 1.34. The number of benzene rings is 2. The number of nitrogens with one attached hydrogen (secondary N) is 1. The number of amides is 1. The topological polar surface area (TPSA) is 103 Å². The predicted molar refractivity (Wildman–Crippen MR) is 127 cm³/mol. The van der Waals surface area contributed by atoms with E-state index in [1.165, 1.54) is 18.6 Å². The molecule has 1 aliphatic rings. The molecule has 0 radical (unpaired) electrons. The second kappa shape index (κ2) is 9.75. The van der Waals surface area contributed by atoms with Gasteiger partial charge in [-0.25, -0.2) is 14.4 Å². The summed E-state index contributed by atoms with van der Waals surface area (Å²) in [4.78, 5) is 22.8. The maximum Gasteiger partial charge on any atom is 0.292 e. The number of fused-ring (bicyclic) bond motifs is 1. The summed E-state index contributed by atoms with van der Waals surface area (Å²) >= 11 is 5.90. The number of piperidine rings is 1. The molecular formula is C24H21ClFN5O4. The van der Waals surface area contributed by atoms with Crippen LogP contribution >= 0.6 is 11.6 Å². The van der Waals surface area contributed by atoms with Gasteiger partial charge >= 0.3 is 0 Å². The predicted octanol–water partition coefficient (Wildman–Crippen LogP) is 4.85. The molecule has 2 aromatic heterocycles. The number of ether oxygens (including phenoxy) is 2. The zero-order chi connectivity index (χ0) is 24.4. The zero-order valence-corrected chi connectivity index (χ0v) is 19.5. The first-order valence-electron chi connectivity index (χ1n) is 10.9. The summed E-state index contributed by atoms with van der Waals surface area (Å²) in [5.74, 6) is 0.890. The van der Waals surface area contributed by atoms with Crippen LogP contribution < -0.4 is 14.8 Å². The van der Waals surface area contributed by atoms with Crippen molar-refractivity contribution in [3.05, 3.63) is 65.5 Å². The van der Waals surface area contributed by atoms with Gasteiger partial charge in [-0.1, -0.05) is 22.8 Å². The number of carbonyl (C=O) groups excluding carboxylic acids is 1. The van der Waals surface area contributed by atoms with E-state index in [0.29, 0.717) is 54.2 Å². The van der Waals surface area contributed by atoms with Crippen molar-refractivity contribution in [1.82, 2.24) is 20.0 Å². The summed E-state index contributed by atoms with van der Waals surface area (Å²) in [5, 5.41) is 7.21. The lowest BCUT2D eigenvalue weighted by Crippen LogP contribution is -2.41. The molecule has 1 N–H and O–H groups in total. The molecule has 0 atom stereocenters. The molecule has 0 spiro atoms. The van der Waals surface area contributed by atoms with Gasteiger partial charge in [-0.05, 0) is 18.2 Å². The number of rotatable bonds is 6. The molecule has 0 unspecified atom stereocenters. The van der Waals surface area contributed by atoms with Gasteiger partial charge in [0, 0.05) is 43.5 Å². The van der Waals surface area contributed by atoms with Crippen LogP contribution in [0.5, 0.6) is 11.5 Å². The summed E-state index contributed by atoms with van der Waals surface area (Å²) in [6.45, 7) is 1.06. The van der Waals surface area contributed by atoms with Crippen molar-refractivity contribution in [2.75, 3.05) is 25.5 Å². The van der Waals surface area contributed by atoms with Crippen LogP contribution in [-0.4, -0.2) is 52.2 Å². The number of anilines is 2. The van der Waals surface area contributed by atoms with Crippen LogP contribution in [0.1, 0.15) is 23.4 Å². The second-order valence-electron chi connectivity index (χ2n) is 7.95. The van der Waals surface area contributed by atoms with Crippen LogP contribution in [0, 0.1) is 5.82 Å². The molecular weight excluding hydrogens is 477 g/mol. The largest absolute Gasteiger partial charge is 0.493 e. The van der Waals surface area contributed by atoms with E-state index in [-0.39, 0.29) is 28.5 Å². The van der Waals surface area contributed by atoms with Crippen LogP contribution in [0.25, 0.3) is 10.9 Å². The average molecular weight is 498 g/mol. The third-order valence-corrected chi connectivity index (χ3v) is 6.09. The molecule has 1 aliphatic heterocycles. The molecule has 0 aliphatic carbocycles. The Morgan fingerprint density at radius 2 is 2.03 bits per heavy atom. The number of hydrogen-bond donors (Lipinski definition) is 1. The van der Waals surface area contributed by atoms with Crippen molar-refractivity contribution in [2.45, 2.75) is 18.9 Å². The molecule has 180 valence electrons. The van der Waals surface area contributed by atoms with Crippen molar-refractivity contribution >= 4 is 39.9 Å². The van der Waals surface area contributed by atoms with Crippen LogP contribution in [0.2, 0.25) is 5.02 Å². The van der Waals surface area contributed by atoms with Gasteiger partial charge in [0.25, 0.3) is 5.91 Å². The molecule has 3 heterocycles. The molecule has 1 amide bonds. The van der Waals surface area contributed by atoms with Gasteiger partial charge in [0.2, 0.25) is 5.76 Å². The Kier molecular flexibility index (Phi) is 6.37. The van der Waals surface area contributed by atoms with Crippen molar-refractivity contribution in [2.24, 2.45) is 0 Å². The highest BCUT2D eigenvalue weighted by molar-refractivity contribution is 6.31. The van der Waals surface area contributed by atoms with Crippen LogP contribution in [0.15, 0.2) is 53.4 Å². The minimum atomic E-state index is -0.569. The minimum Gasteiger partial charge on any atom is -0.493 e. The Hall–Kier alpha value is -3.92. The Bertz CT molecular complexity index is 1360. The molecule has 4 aromatic rings. The summed E-state index contributed by atoms with van der Waals surface area (Å²) in [6.07, 6.45) is 4.01. The van der Waals surface area contributed by atoms with Crippen molar-refractivity contribution < 1.29 is 23.2 Å². The fourth-order valence-corrected chi connectivity index (χ4v) is 4.16. The highest BCUT2D eigenvalue weighted by Gasteiger charge is 2.27. The Morgan fingerprint density at radius 3 is 2.77 bits per heavy atom. The normalized spacial score (nSPS) is 14.2. The van der Waals surface area contributed by atoms with E-state index in [1.54, 1.807) is 42.3 Å². The average Bonchev–Trinajstić information content (AvgIpc) is 3.42. The number of methoxy groups -OCH3 is 1. The van der Waals surface area contributed by atoms with Crippen LogP contribution in [0.3, 0.4) is 0 Å². The summed E-state index contributed by atoms with van der Waals surface area (Å²) in [5.41, 5.74) is 0.794. The van der Waals surface area contributed by atoms with Crippen molar-refractivity contribution in [1.29, 1.82) is 0 Å². The number of aromatic nitrogens is 3. The number of nitrogens with zero attached hydrogens (tertiary/aromatic N) is 4.